The molecule has 0 saturated carbocycles. The van der Waals surface area contributed by atoms with Gasteiger partial charge in [0.05, 0.1) is 5.56 Å². The van der Waals surface area contributed by atoms with E-state index in [0.717, 1.165) is 0 Å². The third-order valence-corrected chi connectivity index (χ3v) is 3.09. The van der Waals surface area contributed by atoms with E-state index in [1.807, 2.05) is 0 Å². The SMILES string of the molecule is Cc1cc(F)cc(NC(=O)c2cc(Br)cnc2Cl)c1. The summed E-state index contributed by atoms with van der Waals surface area (Å²) in [5.74, 6) is -0.849. The molecule has 0 saturated heterocycles. The number of hydrogen-bond acceptors (Lipinski definition) is 2. The van der Waals surface area contributed by atoms with Crippen molar-refractivity contribution in [2.75, 3.05) is 5.32 Å². The van der Waals surface area contributed by atoms with Crippen LogP contribution in [0.4, 0.5) is 10.1 Å². The number of benzene rings is 1. The summed E-state index contributed by atoms with van der Waals surface area (Å²) < 4.78 is 13.9. The van der Waals surface area contributed by atoms with Crippen LogP contribution < -0.4 is 5.32 Å². The molecule has 1 aromatic carbocycles. The van der Waals surface area contributed by atoms with Crippen LogP contribution in [0.3, 0.4) is 0 Å². The Morgan fingerprint density at radius 1 is 1.37 bits per heavy atom. The van der Waals surface area contributed by atoms with Crippen molar-refractivity contribution in [3.63, 3.8) is 0 Å². The van der Waals surface area contributed by atoms with Crippen LogP contribution in [-0.4, -0.2) is 10.9 Å². The molecule has 19 heavy (non-hydrogen) atoms. The summed E-state index contributed by atoms with van der Waals surface area (Å²) >= 11 is 9.07. The highest BCUT2D eigenvalue weighted by Crippen LogP contribution is 2.20. The van der Waals surface area contributed by atoms with Crippen LogP contribution >= 0.6 is 27.5 Å². The first-order valence-corrected chi connectivity index (χ1v) is 6.52. The van der Waals surface area contributed by atoms with Crippen molar-refractivity contribution in [2.45, 2.75) is 6.92 Å². The first-order chi connectivity index (χ1) is 8.95. The number of amides is 1. The van der Waals surface area contributed by atoms with Gasteiger partial charge in [0.1, 0.15) is 11.0 Å². The van der Waals surface area contributed by atoms with Crippen LogP contribution in [0.5, 0.6) is 0 Å². The first kappa shape index (κ1) is 14.0. The number of aryl methyl sites for hydroxylation is 1. The molecule has 0 unspecified atom stereocenters. The van der Waals surface area contributed by atoms with E-state index in [9.17, 15) is 9.18 Å². The highest BCUT2D eigenvalue weighted by molar-refractivity contribution is 9.10. The lowest BCUT2D eigenvalue weighted by Crippen LogP contribution is -2.13. The number of nitrogens with zero attached hydrogens (tertiary/aromatic N) is 1. The van der Waals surface area contributed by atoms with Gasteiger partial charge in [0.2, 0.25) is 0 Å². The summed E-state index contributed by atoms with van der Waals surface area (Å²) in [7, 11) is 0. The molecule has 0 spiro atoms. The van der Waals surface area contributed by atoms with Crippen LogP contribution in [0, 0.1) is 12.7 Å². The predicted octanol–water partition coefficient (Wildman–Crippen LogP) is 4.20. The van der Waals surface area contributed by atoms with Crippen LogP contribution in [0.1, 0.15) is 15.9 Å². The number of pyridine rings is 1. The molecule has 0 atom stereocenters. The Balaban J connectivity index is 2.28. The Kier molecular flexibility index (Phi) is 4.17. The quantitative estimate of drug-likeness (QED) is 0.831. The third-order valence-electron chi connectivity index (χ3n) is 2.35. The average Bonchev–Trinajstić information content (AvgIpc) is 2.30. The van der Waals surface area contributed by atoms with Gasteiger partial charge < -0.3 is 5.32 Å². The van der Waals surface area contributed by atoms with Crippen molar-refractivity contribution in [3.8, 4) is 0 Å². The molecule has 2 rings (SSSR count). The Hall–Kier alpha value is -1.46. The summed E-state index contributed by atoms with van der Waals surface area (Å²) in [6, 6.07) is 5.84. The topological polar surface area (TPSA) is 42.0 Å². The van der Waals surface area contributed by atoms with Gasteiger partial charge in [0, 0.05) is 16.4 Å². The molecule has 98 valence electrons. The minimum atomic E-state index is -0.441. The maximum absolute atomic E-state index is 13.2. The fourth-order valence-electron chi connectivity index (χ4n) is 1.59. The number of aromatic nitrogens is 1. The molecule has 0 aliphatic heterocycles. The minimum Gasteiger partial charge on any atom is -0.322 e. The summed E-state index contributed by atoms with van der Waals surface area (Å²) in [6.07, 6.45) is 1.49. The van der Waals surface area contributed by atoms with Gasteiger partial charge in [-0.2, -0.15) is 0 Å². The lowest BCUT2D eigenvalue weighted by atomic mass is 10.2. The van der Waals surface area contributed by atoms with Gasteiger partial charge in [0.15, 0.2) is 0 Å². The highest BCUT2D eigenvalue weighted by Gasteiger charge is 2.12. The second-order valence-electron chi connectivity index (χ2n) is 3.96. The van der Waals surface area contributed by atoms with E-state index in [1.54, 1.807) is 19.1 Å². The van der Waals surface area contributed by atoms with Crippen molar-refractivity contribution in [3.05, 3.63) is 57.0 Å². The molecule has 0 bridgehead atoms. The number of hydrogen-bond donors (Lipinski definition) is 1. The monoisotopic (exact) mass is 342 g/mol. The fourth-order valence-corrected chi connectivity index (χ4v) is 2.11. The number of nitrogens with one attached hydrogen (secondary N) is 1. The summed E-state index contributed by atoms with van der Waals surface area (Å²) in [5, 5.41) is 2.68. The van der Waals surface area contributed by atoms with E-state index in [2.05, 4.69) is 26.2 Å². The van der Waals surface area contributed by atoms with Gasteiger partial charge in [0.25, 0.3) is 5.91 Å². The summed E-state index contributed by atoms with van der Waals surface area (Å²) in [6.45, 7) is 1.74. The van der Waals surface area contributed by atoms with Gasteiger partial charge in [-0.05, 0) is 52.7 Å². The van der Waals surface area contributed by atoms with Gasteiger partial charge in [-0.1, -0.05) is 11.6 Å². The standard InChI is InChI=1S/C13H9BrClFN2O/c1-7-2-9(16)5-10(3-7)18-13(19)11-4-8(14)6-17-12(11)15/h2-6H,1H3,(H,18,19). The summed E-state index contributed by atoms with van der Waals surface area (Å²) in [4.78, 5) is 15.9. The molecule has 0 aliphatic rings. The zero-order chi connectivity index (χ0) is 14.0. The highest BCUT2D eigenvalue weighted by atomic mass is 79.9. The van der Waals surface area contributed by atoms with Crippen molar-refractivity contribution in [1.82, 2.24) is 4.98 Å². The molecular formula is C13H9BrClFN2O. The van der Waals surface area contributed by atoms with Crippen LogP contribution in [0.15, 0.2) is 34.9 Å². The second kappa shape index (κ2) is 5.67. The molecule has 2 aromatic rings. The first-order valence-electron chi connectivity index (χ1n) is 5.35. The van der Waals surface area contributed by atoms with E-state index in [1.165, 1.54) is 18.3 Å². The van der Waals surface area contributed by atoms with Gasteiger partial charge >= 0.3 is 0 Å². The minimum absolute atomic E-state index is 0.0915. The molecule has 6 heteroatoms. The van der Waals surface area contributed by atoms with E-state index < -0.39 is 11.7 Å². The van der Waals surface area contributed by atoms with Crippen molar-refractivity contribution >= 4 is 39.1 Å². The fraction of sp³-hybridized carbons (Fsp3) is 0.0769. The van der Waals surface area contributed by atoms with Crippen molar-refractivity contribution in [1.29, 1.82) is 0 Å². The zero-order valence-corrected chi connectivity index (χ0v) is 12.2. The molecule has 1 N–H and O–H groups in total. The van der Waals surface area contributed by atoms with Gasteiger partial charge in [-0.3, -0.25) is 4.79 Å². The zero-order valence-electron chi connectivity index (χ0n) is 9.88. The molecule has 0 aliphatic carbocycles. The Bertz CT molecular complexity index is 628. The number of carbonyl (C=O) groups excluding carboxylic acids is 1. The van der Waals surface area contributed by atoms with Gasteiger partial charge in [-0.15, -0.1) is 0 Å². The maximum Gasteiger partial charge on any atom is 0.258 e. The second-order valence-corrected chi connectivity index (χ2v) is 5.24. The van der Waals surface area contributed by atoms with E-state index >= 15 is 0 Å². The molecule has 1 amide bonds. The molecule has 1 aromatic heterocycles. The number of halogens is 3. The van der Waals surface area contributed by atoms with Crippen molar-refractivity contribution < 1.29 is 9.18 Å². The predicted molar refractivity (Wildman–Crippen MR) is 76.0 cm³/mol. The number of carbonyl (C=O) groups is 1. The van der Waals surface area contributed by atoms with E-state index in [0.29, 0.717) is 15.7 Å². The lowest BCUT2D eigenvalue weighted by Gasteiger charge is -2.07. The normalized spacial score (nSPS) is 10.3. The largest absolute Gasteiger partial charge is 0.322 e. The van der Waals surface area contributed by atoms with Gasteiger partial charge in [-0.25, -0.2) is 9.37 Å². The van der Waals surface area contributed by atoms with Crippen LogP contribution in [0.25, 0.3) is 0 Å². The lowest BCUT2D eigenvalue weighted by molar-refractivity contribution is 0.102. The molecule has 3 nitrogen and oxygen atoms in total. The summed E-state index contributed by atoms with van der Waals surface area (Å²) in [5.41, 5.74) is 1.31. The molecular weight excluding hydrogens is 335 g/mol. The smallest absolute Gasteiger partial charge is 0.258 e. The third kappa shape index (κ3) is 3.52. The molecule has 1 heterocycles. The Morgan fingerprint density at radius 2 is 2.11 bits per heavy atom. The van der Waals surface area contributed by atoms with E-state index in [-0.39, 0.29) is 10.7 Å². The average molecular weight is 344 g/mol. The maximum atomic E-state index is 13.2. The molecule has 0 radical (unpaired) electrons. The molecule has 0 fully saturated rings. The Labute approximate surface area is 122 Å². The van der Waals surface area contributed by atoms with Crippen LogP contribution in [0.2, 0.25) is 5.15 Å². The van der Waals surface area contributed by atoms with Crippen LogP contribution in [-0.2, 0) is 0 Å². The van der Waals surface area contributed by atoms with Crippen molar-refractivity contribution in [2.24, 2.45) is 0 Å². The number of anilines is 1. The number of rotatable bonds is 2. The Morgan fingerprint density at radius 3 is 2.79 bits per heavy atom. The van der Waals surface area contributed by atoms with E-state index in [4.69, 9.17) is 11.6 Å².